The molecule has 0 fully saturated rings. The molecule has 2 unspecified atom stereocenters. The lowest BCUT2D eigenvalue weighted by atomic mass is 10.0. The van der Waals surface area contributed by atoms with Crippen molar-refractivity contribution in [2.24, 2.45) is 5.92 Å². The maximum Gasteiger partial charge on any atom is 0.308 e. The molecule has 0 aromatic carbocycles. The van der Waals surface area contributed by atoms with Gasteiger partial charge in [0.25, 0.3) is 5.91 Å². The molecule has 5 nitrogen and oxygen atoms in total. The standard InChI is InChI=1S/C13H13BrN2O3S2/c1-6(13(18)19)7(2)15-11(17)8-5-20-12(16-8)9-3-4-10(14)21-9/h3-7H,1-2H3,(H,15,17)(H,18,19). The van der Waals surface area contributed by atoms with Gasteiger partial charge in [-0.1, -0.05) is 0 Å². The number of halogens is 1. The van der Waals surface area contributed by atoms with Crippen LogP contribution in [0.15, 0.2) is 21.3 Å². The zero-order valence-electron chi connectivity index (χ0n) is 11.3. The Morgan fingerprint density at radius 1 is 1.38 bits per heavy atom. The highest BCUT2D eigenvalue weighted by atomic mass is 79.9. The number of nitrogens with zero attached hydrogens (tertiary/aromatic N) is 1. The lowest BCUT2D eigenvalue weighted by molar-refractivity contribution is -0.141. The van der Waals surface area contributed by atoms with Gasteiger partial charge in [0, 0.05) is 11.4 Å². The predicted octanol–water partition coefficient (Wildman–Crippen LogP) is 3.47. The Bertz CT molecular complexity index is 668. The van der Waals surface area contributed by atoms with Crippen LogP contribution >= 0.6 is 38.6 Å². The second-order valence-corrected chi connectivity index (χ2v) is 7.85. The minimum Gasteiger partial charge on any atom is -0.481 e. The van der Waals surface area contributed by atoms with Gasteiger partial charge in [-0.2, -0.15) is 0 Å². The summed E-state index contributed by atoms with van der Waals surface area (Å²) < 4.78 is 1.00. The highest BCUT2D eigenvalue weighted by Gasteiger charge is 2.22. The number of thiophene rings is 1. The van der Waals surface area contributed by atoms with Crippen molar-refractivity contribution in [2.75, 3.05) is 0 Å². The average molecular weight is 389 g/mol. The first-order valence-corrected chi connectivity index (χ1v) is 8.62. The van der Waals surface area contributed by atoms with E-state index in [2.05, 4.69) is 26.2 Å². The summed E-state index contributed by atoms with van der Waals surface area (Å²) in [5.41, 5.74) is 0.309. The topological polar surface area (TPSA) is 79.3 Å². The van der Waals surface area contributed by atoms with E-state index in [1.807, 2.05) is 12.1 Å². The van der Waals surface area contributed by atoms with Crippen LogP contribution in [-0.2, 0) is 4.79 Å². The van der Waals surface area contributed by atoms with Gasteiger partial charge in [-0.25, -0.2) is 4.98 Å². The first kappa shape index (κ1) is 16.1. The molecule has 0 aliphatic heterocycles. The summed E-state index contributed by atoms with van der Waals surface area (Å²) in [5, 5.41) is 14.0. The number of nitrogens with one attached hydrogen (secondary N) is 1. The number of amides is 1. The Morgan fingerprint density at radius 2 is 2.10 bits per heavy atom. The third-order valence-electron chi connectivity index (χ3n) is 3.02. The Hall–Kier alpha value is -1.25. The molecule has 8 heteroatoms. The van der Waals surface area contributed by atoms with E-state index in [1.54, 1.807) is 30.6 Å². The fraction of sp³-hybridized carbons (Fsp3) is 0.308. The lowest BCUT2D eigenvalue weighted by Crippen LogP contribution is -2.40. The molecule has 0 spiro atoms. The first-order chi connectivity index (χ1) is 9.88. The summed E-state index contributed by atoms with van der Waals surface area (Å²) in [6.07, 6.45) is 0. The summed E-state index contributed by atoms with van der Waals surface area (Å²) in [5.74, 6) is -1.95. The number of rotatable bonds is 5. The van der Waals surface area contributed by atoms with Gasteiger partial charge in [-0.15, -0.1) is 22.7 Å². The summed E-state index contributed by atoms with van der Waals surface area (Å²) in [7, 11) is 0. The van der Waals surface area contributed by atoms with Gasteiger partial charge in [-0.3, -0.25) is 9.59 Å². The van der Waals surface area contributed by atoms with E-state index in [0.717, 1.165) is 13.7 Å². The first-order valence-electron chi connectivity index (χ1n) is 6.13. The maximum atomic E-state index is 12.1. The number of carbonyl (C=O) groups is 2. The molecule has 2 aromatic rings. The molecule has 0 saturated heterocycles. The largest absolute Gasteiger partial charge is 0.481 e. The Kier molecular flexibility index (Phi) is 5.13. The minimum atomic E-state index is -0.940. The van der Waals surface area contributed by atoms with Crippen LogP contribution in [0.5, 0.6) is 0 Å². The van der Waals surface area contributed by atoms with Crippen molar-refractivity contribution in [3.8, 4) is 9.88 Å². The Morgan fingerprint density at radius 3 is 2.67 bits per heavy atom. The normalized spacial score (nSPS) is 13.7. The number of carboxylic acid groups (broad SMARTS) is 1. The van der Waals surface area contributed by atoms with Crippen LogP contribution in [0.1, 0.15) is 24.3 Å². The number of hydrogen-bond donors (Lipinski definition) is 2. The number of hydrogen-bond acceptors (Lipinski definition) is 5. The molecule has 0 aliphatic rings. The van der Waals surface area contributed by atoms with Crippen LogP contribution in [-0.4, -0.2) is 28.0 Å². The molecule has 2 aromatic heterocycles. The van der Waals surface area contributed by atoms with E-state index >= 15 is 0 Å². The minimum absolute atomic E-state index is 0.309. The van der Waals surface area contributed by atoms with Crippen molar-refractivity contribution >= 4 is 50.5 Å². The predicted molar refractivity (Wildman–Crippen MR) is 86.9 cm³/mol. The summed E-state index contributed by atoms with van der Waals surface area (Å²) >= 11 is 6.32. The van der Waals surface area contributed by atoms with E-state index in [9.17, 15) is 9.59 Å². The van der Waals surface area contributed by atoms with Gasteiger partial charge in [0.15, 0.2) is 0 Å². The molecular weight excluding hydrogens is 376 g/mol. The monoisotopic (exact) mass is 388 g/mol. The van der Waals surface area contributed by atoms with Gasteiger partial charge in [0.05, 0.1) is 14.6 Å². The molecule has 21 heavy (non-hydrogen) atoms. The summed E-state index contributed by atoms with van der Waals surface area (Å²) in [4.78, 5) is 28.2. The van der Waals surface area contributed by atoms with Gasteiger partial charge >= 0.3 is 5.97 Å². The summed E-state index contributed by atoms with van der Waals surface area (Å²) in [6.45, 7) is 3.23. The zero-order chi connectivity index (χ0) is 15.6. The fourth-order valence-electron chi connectivity index (χ4n) is 1.54. The van der Waals surface area contributed by atoms with E-state index < -0.39 is 17.9 Å². The third-order valence-corrected chi connectivity index (χ3v) is 5.65. The molecular formula is C13H13BrN2O3S2. The molecule has 2 atom stereocenters. The van der Waals surface area contributed by atoms with E-state index in [1.165, 1.54) is 11.3 Å². The number of thiazole rings is 1. The van der Waals surface area contributed by atoms with Crippen molar-refractivity contribution in [3.05, 3.63) is 27.0 Å². The molecule has 1 amide bonds. The van der Waals surface area contributed by atoms with Crippen molar-refractivity contribution in [3.63, 3.8) is 0 Å². The molecule has 0 bridgehead atoms. The molecule has 112 valence electrons. The number of aliphatic carboxylic acids is 1. The average Bonchev–Trinajstić information content (AvgIpc) is 3.05. The van der Waals surface area contributed by atoms with Crippen molar-refractivity contribution in [1.29, 1.82) is 0 Å². The van der Waals surface area contributed by atoms with E-state index in [4.69, 9.17) is 5.11 Å². The molecule has 2 rings (SSSR count). The van der Waals surface area contributed by atoms with Crippen LogP contribution in [0.3, 0.4) is 0 Å². The second-order valence-electron chi connectivity index (χ2n) is 4.53. The van der Waals surface area contributed by atoms with E-state index in [-0.39, 0.29) is 5.91 Å². The van der Waals surface area contributed by atoms with Crippen LogP contribution in [0, 0.1) is 5.92 Å². The number of carbonyl (C=O) groups excluding carboxylic acids is 1. The van der Waals surface area contributed by atoms with Crippen LogP contribution in [0.25, 0.3) is 9.88 Å². The van der Waals surface area contributed by atoms with Crippen LogP contribution < -0.4 is 5.32 Å². The maximum absolute atomic E-state index is 12.1. The molecule has 0 saturated carbocycles. The fourth-order valence-corrected chi connectivity index (χ4v) is 3.80. The van der Waals surface area contributed by atoms with Crippen LogP contribution in [0.2, 0.25) is 0 Å². The van der Waals surface area contributed by atoms with Gasteiger partial charge < -0.3 is 10.4 Å². The van der Waals surface area contributed by atoms with Gasteiger partial charge in [0.2, 0.25) is 0 Å². The van der Waals surface area contributed by atoms with Crippen molar-refractivity contribution in [2.45, 2.75) is 19.9 Å². The lowest BCUT2D eigenvalue weighted by Gasteiger charge is -2.16. The summed E-state index contributed by atoms with van der Waals surface area (Å²) in [6, 6.07) is 3.40. The number of carboxylic acids is 1. The molecule has 0 radical (unpaired) electrons. The molecule has 2 N–H and O–H groups in total. The van der Waals surface area contributed by atoms with Crippen molar-refractivity contribution < 1.29 is 14.7 Å². The quantitative estimate of drug-likeness (QED) is 0.821. The van der Waals surface area contributed by atoms with Gasteiger partial charge in [-0.05, 0) is 41.9 Å². The Labute approximate surface area is 138 Å². The van der Waals surface area contributed by atoms with E-state index in [0.29, 0.717) is 5.69 Å². The van der Waals surface area contributed by atoms with Crippen LogP contribution in [0.4, 0.5) is 0 Å². The zero-order valence-corrected chi connectivity index (χ0v) is 14.5. The van der Waals surface area contributed by atoms with Gasteiger partial charge in [0.1, 0.15) is 10.7 Å². The molecule has 0 aliphatic carbocycles. The third kappa shape index (κ3) is 3.90. The number of aromatic nitrogens is 1. The highest BCUT2D eigenvalue weighted by Crippen LogP contribution is 2.33. The highest BCUT2D eigenvalue weighted by molar-refractivity contribution is 9.11. The Balaban J connectivity index is 2.07. The molecule has 2 heterocycles. The SMILES string of the molecule is CC(NC(=O)c1csc(-c2ccc(Br)s2)n1)C(C)C(=O)O. The van der Waals surface area contributed by atoms with Crippen molar-refractivity contribution in [1.82, 2.24) is 10.3 Å². The smallest absolute Gasteiger partial charge is 0.308 e. The second kappa shape index (κ2) is 6.67.